The highest BCUT2D eigenvalue weighted by Crippen LogP contribution is 2.36. The minimum Gasteiger partial charge on any atom is -0.399 e. The SMILES string of the molecule is CC(C)c1cc(Nc2ccc3ncc(B4OC(C)(C)C(C)(C)O4)cc3n2)n(C)c1. The van der Waals surface area contributed by atoms with Crippen LogP contribution in [-0.4, -0.2) is 32.9 Å². The number of aryl methyl sites for hydroxylation is 1. The normalized spacial score (nSPS) is 18.0. The second-order valence-electron chi connectivity index (χ2n) is 9.14. The van der Waals surface area contributed by atoms with E-state index in [9.17, 15) is 0 Å². The lowest BCUT2D eigenvalue weighted by Gasteiger charge is -2.32. The summed E-state index contributed by atoms with van der Waals surface area (Å²) in [5, 5.41) is 3.42. The van der Waals surface area contributed by atoms with E-state index in [0.29, 0.717) is 5.92 Å². The standard InChI is InChI=1S/C22H29BN4O2/c1-14(2)15-10-20(27(7)13-15)26-19-9-8-17-18(25-19)11-16(12-24-17)23-28-21(3,4)22(5,6)29-23/h8-14H,1-7H3,(H,25,26). The molecular formula is C22H29BN4O2. The zero-order chi connectivity index (χ0) is 21.0. The maximum absolute atomic E-state index is 6.16. The van der Waals surface area contributed by atoms with Gasteiger partial charge in [-0.25, -0.2) is 4.98 Å². The first-order valence-corrected chi connectivity index (χ1v) is 10.1. The molecule has 1 saturated heterocycles. The molecule has 0 amide bonds. The molecule has 0 unspecified atom stereocenters. The van der Waals surface area contributed by atoms with Crippen LogP contribution in [0.4, 0.5) is 11.6 Å². The summed E-state index contributed by atoms with van der Waals surface area (Å²) in [5.41, 5.74) is 3.04. The van der Waals surface area contributed by atoms with Crippen LogP contribution in [0.25, 0.3) is 11.0 Å². The van der Waals surface area contributed by atoms with Crippen LogP contribution in [0.1, 0.15) is 53.0 Å². The number of nitrogens with zero attached hydrogens (tertiary/aromatic N) is 3. The summed E-state index contributed by atoms with van der Waals surface area (Å²) in [6, 6.07) is 8.09. The van der Waals surface area contributed by atoms with Gasteiger partial charge < -0.3 is 19.2 Å². The van der Waals surface area contributed by atoms with E-state index < -0.39 is 7.12 Å². The molecule has 0 aliphatic carbocycles. The number of fused-ring (bicyclic) bond motifs is 1. The maximum Gasteiger partial charge on any atom is 0.496 e. The molecule has 3 aromatic heterocycles. The summed E-state index contributed by atoms with van der Waals surface area (Å²) < 4.78 is 14.4. The molecule has 0 spiro atoms. The van der Waals surface area contributed by atoms with Gasteiger partial charge in [0.1, 0.15) is 11.6 Å². The van der Waals surface area contributed by atoms with Crippen LogP contribution >= 0.6 is 0 Å². The van der Waals surface area contributed by atoms with Crippen LogP contribution in [-0.2, 0) is 16.4 Å². The van der Waals surface area contributed by atoms with Gasteiger partial charge in [0.2, 0.25) is 0 Å². The molecule has 1 aliphatic heterocycles. The number of nitrogens with one attached hydrogen (secondary N) is 1. The van der Waals surface area contributed by atoms with Gasteiger partial charge in [-0.2, -0.15) is 0 Å². The Bertz CT molecular complexity index is 1040. The Hall–Kier alpha value is -2.38. The van der Waals surface area contributed by atoms with E-state index in [-0.39, 0.29) is 11.2 Å². The third-order valence-electron chi connectivity index (χ3n) is 6.03. The highest BCUT2D eigenvalue weighted by Gasteiger charge is 2.51. The number of hydrogen-bond acceptors (Lipinski definition) is 5. The third-order valence-corrected chi connectivity index (χ3v) is 6.03. The predicted molar refractivity (Wildman–Crippen MR) is 118 cm³/mol. The van der Waals surface area contributed by atoms with Crippen molar-refractivity contribution in [3.63, 3.8) is 0 Å². The van der Waals surface area contributed by atoms with Gasteiger partial charge in [-0.3, -0.25) is 4.98 Å². The highest BCUT2D eigenvalue weighted by atomic mass is 16.7. The molecule has 7 heteroatoms. The number of aromatic nitrogens is 3. The van der Waals surface area contributed by atoms with E-state index in [1.807, 2.05) is 59.1 Å². The van der Waals surface area contributed by atoms with Crippen LogP contribution in [0.2, 0.25) is 0 Å². The summed E-state index contributed by atoms with van der Waals surface area (Å²) >= 11 is 0. The van der Waals surface area contributed by atoms with Crippen LogP contribution < -0.4 is 10.8 Å². The molecule has 6 nitrogen and oxygen atoms in total. The lowest BCUT2D eigenvalue weighted by molar-refractivity contribution is 0.00578. The van der Waals surface area contributed by atoms with E-state index in [4.69, 9.17) is 14.3 Å². The van der Waals surface area contributed by atoms with Gasteiger partial charge in [-0.15, -0.1) is 0 Å². The van der Waals surface area contributed by atoms with Gasteiger partial charge in [0.25, 0.3) is 0 Å². The van der Waals surface area contributed by atoms with Gasteiger partial charge in [0, 0.05) is 24.9 Å². The monoisotopic (exact) mass is 392 g/mol. The molecule has 4 rings (SSSR count). The van der Waals surface area contributed by atoms with E-state index in [2.05, 4.69) is 41.0 Å². The van der Waals surface area contributed by atoms with E-state index in [1.165, 1.54) is 5.56 Å². The molecule has 0 radical (unpaired) electrons. The molecule has 152 valence electrons. The van der Waals surface area contributed by atoms with Crippen molar-refractivity contribution in [2.75, 3.05) is 5.32 Å². The molecule has 1 aliphatic rings. The first-order chi connectivity index (χ1) is 13.6. The average Bonchev–Trinajstić information content (AvgIpc) is 3.11. The summed E-state index contributed by atoms with van der Waals surface area (Å²) in [5.74, 6) is 2.27. The second-order valence-corrected chi connectivity index (χ2v) is 9.14. The van der Waals surface area contributed by atoms with Crippen molar-refractivity contribution in [3.8, 4) is 0 Å². The fourth-order valence-electron chi connectivity index (χ4n) is 3.36. The van der Waals surface area contributed by atoms with Crippen molar-refractivity contribution >= 4 is 35.3 Å². The van der Waals surface area contributed by atoms with Crippen molar-refractivity contribution in [2.45, 2.75) is 58.7 Å². The predicted octanol–water partition coefficient (Wildman–Crippen LogP) is 4.13. The van der Waals surface area contributed by atoms with Gasteiger partial charge in [-0.05, 0) is 63.4 Å². The Morgan fingerprint density at radius 2 is 1.72 bits per heavy atom. The first kappa shape index (κ1) is 19.9. The third kappa shape index (κ3) is 3.65. The van der Waals surface area contributed by atoms with Crippen LogP contribution in [0, 0.1) is 0 Å². The van der Waals surface area contributed by atoms with E-state index in [1.54, 1.807) is 0 Å². The summed E-state index contributed by atoms with van der Waals surface area (Å²) in [6.07, 6.45) is 3.96. The van der Waals surface area contributed by atoms with Crippen LogP contribution in [0.3, 0.4) is 0 Å². The van der Waals surface area contributed by atoms with Crippen molar-refractivity contribution < 1.29 is 9.31 Å². The Kier molecular flexibility index (Phi) is 4.71. The Morgan fingerprint density at radius 1 is 1.03 bits per heavy atom. The zero-order valence-corrected chi connectivity index (χ0v) is 18.3. The molecule has 0 atom stereocenters. The second kappa shape index (κ2) is 6.85. The number of pyridine rings is 2. The van der Waals surface area contributed by atoms with Crippen LogP contribution in [0.15, 0.2) is 36.7 Å². The minimum absolute atomic E-state index is 0.385. The van der Waals surface area contributed by atoms with Crippen molar-refractivity contribution in [1.82, 2.24) is 14.5 Å². The lowest BCUT2D eigenvalue weighted by Crippen LogP contribution is -2.41. The van der Waals surface area contributed by atoms with Gasteiger partial charge in [-0.1, -0.05) is 13.8 Å². The Balaban J connectivity index is 1.62. The summed E-state index contributed by atoms with van der Waals surface area (Å²) in [6.45, 7) is 12.6. The average molecular weight is 392 g/mol. The molecule has 4 heterocycles. The fourth-order valence-corrected chi connectivity index (χ4v) is 3.36. The Labute approximate surface area is 172 Å². The number of rotatable bonds is 4. The van der Waals surface area contributed by atoms with E-state index >= 15 is 0 Å². The highest BCUT2D eigenvalue weighted by molar-refractivity contribution is 6.62. The van der Waals surface area contributed by atoms with Gasteiger partial charge >= 0.3 is 7.12 Å². The lowest BCUT2D eigenvalue weighted by atomic mass is 9.80. The first-order valence-electron chi connectivity index (χ1n) is 10.1. The number of anilines is 2. The van der Waals surface area contributed by atoms with Crippen molar-refractivity contribution in [3.05, 3.63) is 42.2 Å². The quantitative estimate of drug-likeness (QED) is 0.677. The minimum atomic E-state index is -0.447. The molecule has 1 N–H and O–H groups in total. The van der Waals surface area contributed by atoms with Crippen molar-refractivity contribution in [2.24, 2.45) is 7.05 Å². The molecule has 3 aromatic rings. The van der Waals surface area contributed by atoms with E-state index in [0.717, 1.165) is 28.1 Å². The van der Waals surface area contributed by atoms with Gasteiger partial charge in [0.05, 0.1) is 22.2 Å². The number of hydrogen-bond donors (Lipinski definition) is 1. The maximum atomic E-state index is 6.16. The van der Waals surface area contributed by atoms with Crippen molar-refractivity contribution in [1.29, 1.82) is 0 Å². The smallest absolute Gasteiger partial charge is 0.399 e. The summed E-state index contributed by atoms with van der Waals surface area (Å²) in [7, 11) is 1.59. The molecule has 1 fully saturated rings. The summed E-state index contributed by atoms with van der Waals surface area (Å²) in [4.78, 5) is 9.33. The fraction of sp³-hybridized carbons (Fsp3) is 0.455. The van der Waals surface area contributed by atoms with Crippen LogP contribution in [0.5, 0.6) is 0 Å². The van der Waals surface area contributed by atoms with Gasteiger partial charge in [0.15, 0.2) is 0 Å². The molecule has 29 heavy (non-hydrogen) atoms. The largest absolute Gasteiger partial charge is 0.496 e. The molecule has 0 saturated carbocycles. The zero-order valence-electron chi connectivity index (χ0n) is 18.3. The molecule has 0 bridgehead atoms. The molecule has 0 aromatic carbocycles. The molecular weight excluding hydrogens is 363 g/mol. The topological polar surface area (TPSA) is 61.2 Å². The Morgan fingerprint density at radius 3 is 2.34 bits per heavy atom.